The van der Waals surface area contributed by atoms with Gasteiger partial charge in [-0.3, -0.25) is 14.3 Å². The van der Waals surface area contributed by atoms with Gasteiger partial charge in [-0.25, -0.2) is 0 Å². The molecule has 1 atom stereocenters. The molecule has 1 N–H and O–H groups in total. The lowest BCUT2D eigenvalue weighted by molar-refractivity contribution is -0.136. The number of halogens is 3. The zero-order valence-corrected chi connectivity index (χ0v) is 23.0. The summed E-state index contributed by atoms with van der Waals surface area (Å²) in [5.41, 5.74) is 0.315. The molecule has 0 bridgehead atoms. The Labute approximate surface area is 235 Å². The minimum atomic E-state index is -4.63. The first-order valence-electron chi connectivity index (χ1n) is 14.3. The topological polar surface area (TPSA) is 81.0 Å². The SMILES string of the molecule is Cn1cnnc1C1(c2cccc(-n3cc(C(F)(F)F)c4cc(CN5CCC[C@]6(CCOC6)C5)[nH]c4c3=O)c2)CCC1. The summed E-state index contributed by atoms with van der Waals surface area (Å²) in [6.45, 7) is 3.67. The summed E-state index contributed by atoms with van der Waals surface area (Å²) in [7, 11) is 1.89. The lowest BCUT2D eigenvalue weighted by atomic mass is 9.63. The summed E-state index contributed by atoms with van der Waals surface area (Å²) < 4.78 is 51.9. The molecule has 2 aliphatic heterocycles. The van der Waals surface area contributed by atoms with E-state index in [0.29, 0.717) is 17.9 Å². The van der Waals surface area contributed by atoms with E-state index in [1.165, 1.54) is 6.07 Å². The Morgan fingerprint density at radius 2 is 1.98 bits per heavy atom. The van der Waals surface area contributed by atoms with Crippen molar-refractivity contribution in [3.63, 3.8) is 0 Å². The number of hydrogen-bond acceptors (Lipinski definition) is 5. The average Bonchev–Trinajstić information content (AvgIpc) is 3.65. The Hall–Kier alpha value is -3.44. The van der Waals surface area contributed by atoms with Crippen LogP contribution < -0.4 is 5.56 Å². The molecule has 2 saturated heterocycles. The zero-order valence-electron chi connectivity index (χ0n) is 23.0. The van der Waals surface area contributed by atoms with Gasteiger partial charge in [-0.05, 0) is 62.4 Å². The van der Waals surface area contributed by atoms with E-state index in [9.17, 15) is 18.0 Å². The molecule has 1 aromatic carbocycles. The van der Waals surface area contributed by atoms with Crippen LogP contribution in [0.4, 0.5) is 13.2 Å². The molecule has 216 valence electrons. The molecular formula is C30H33F3N6O2. The van der Waals surface area contributed by atoms with Crippen molar-refractivity contribution >= 4 is 10.9 Å². The van der Waals surface area contributed by atoms with Gasteiger partial charge in [0.15, 0.2) is 0 Å². The molecule has 0 amide bonds. The molecule has 3 aromatic heterocycles. The van der Waals surface area contributed by atoms with E-state index in [4.69, 9.17) is 4.74 Å². The maximum atomic E-state index is 14.4. The van der Waals surface area contributed by atoms with Gasteiger partial charge in [0, 0.05) is 55.1 Å². The number of pyridine rings is 1. The number of benzene rings is 1. The number of nitrogens with zero attached hydrogens (tertiary/aromatic N) is 5. The number of fused-ring (bicyclic) bond motifs is 1. The van der Waals surface area contributed by atoms with Crippen molar-refractivity contribution < 1.29 is 17.9 Å². The van der Waals surface area contributed by atoms with Gasteiger partial charge in [0.1, 0.15) is 17.7 Å². The Kier molecular flexibility index (Phi) is 6.17. The number of aryl methyl sites for hydroxylation is 1. The largest absolute Gasteiger partial charge is 0.418 e. The van der Waals surface area contributed by atoms with Gasteiger partial charge < -0.3 is 14.3 Å². The van der Waals surface area contributed by atoms with Crippen LogP contribution in [0.15, 0.2) is 47.7 Å². The number of H-pyrrole nitrogens is 1. The van der Waals surface area contributed by atoms with Gasteiger partial charge >= 0.3 is 6.18 Å². The molecule has 1 saturated carbocycles. The highest BCUT2D eigenvalue weighted by atomic mass is 19.4. The molecule has 0 radical (unpaired) electrons. The molecular weight excluding hydrogens is 533 g/mol. The molecule has 8 nitrogen and oxygen atoms in total. The van der Waals surface area contributed by atoms with E-state index < -0.39 is 17.3 Å². The average molecular weight is 567 g/mol. The number of hydrogen-bond donors (Lipinski definition) is 1. The van der Waals surface area contributed by atoms with Crippen LogP contribution in [0.3, 0.4) is 0 Å². The first-order chi connectivity index (χ1) is 19.7. The second-order valence-electron chi connectivity index (χ2n) is 12.2. The molecule has 7 rings (SSSR count). The van der Waals surface area contributed by atoms with Gasteiger partial charge in [0.05, 0.1) is 17.6 Å². The molecule has 5 heterocycles. The third kappa shape index (κ3) is 4.41. The van der Waals surface area contributed by atoms with Crippen LogP contribution in [0.1, 0.15) is 61.2 Å². The Bertz CT molecular complexity index is 1660. The van der Waals surface area contributed by atoms with Crippen LogP contribution in [0.25, 0.3) is 16.6 Å². The second-order valence-corrected chi connectivity index (χ2v) is 12.2. The molecule has 0 unspecified atom stereocenters. The van der Waals surface area contributed by atoms with Crippen LogP contribution >= 0.6 is 0 Å². The summed E-state index contributed by atoms with van der Waals surface area (Å²) in [6.07, 6.45) is 3.84. The van der Waals surface area contributed by atoms with Gasteiger partial charge in [-0.1, -0.05) is 18.6 Å². The van der Waals surface area contributed by atoms with E-state index in [2.05, 4.69) is 20.1 Å². The zero-order chi connectivity index (χ0) is 28.4. The predicted octanol–water partition coefficient (Wildman–Crippen LogP) is 4.94. The van der Waals surface area contributed by atoms with Crippen molar-refractivity contribution in [2.75, 3.05) is 26.3 Å². The third-order valence-corrected chi connectivity index (χ3v) is 9.50. The molecule has 41 heavy (non-hydrogen) atoms. The predicted molar refractivity (Wildman–Crippen MR) is 147 cm³/mol. The van der Waals surface area contributed by atoms with Crippen LogP contribution in [0, 0.1) is 5.41 Å². The van der Waals surface area contributed by atoms with Gasteiger partial charge in [0.25, 0.3) is 5.56 Å². The highest BCUT2D eigenvalue weighted by Gasteiger charge is 2.44. The van der Waals surface area contributed by atoms with Crippen molar-refractivity contribution in [1.29, 1.82) is 0 Å². The van der Waals surface area contributed by atoms with E-state index in [-0.39, 0.29) is 21.7 Å². The van der Waals surface area contributed by atoms with E-state index in [1.807, 2.05) is 23.7 Å². The smallest absolute Gasteiger partial charge is 0.381 e. The maximum absolute atomic E-state index is 14.4. The highest BCUT2D eigenvalue weighted by molar-refractivity contribution is 5.84. The number of aromatic amines is 1. The van der Waals surface area contributed by atoms with Crippen molar-refractivity contribution in [2.24, 2.45) is 12.5 Å². The fourth-order valence-electron chi connectivity index (χ4n) is 7.27. The van der Waals surface area contributed by atoms with E-state index in [0.717, 1.165) is 87.0 Å². The minimum Gasteiger partial charge on any atom is -0.381 e. The van der Waals surface area contributed by atoms with Crippen LogP contribution in [0.2, 0.25) is 0 Å². The van der Waals surface area contributed by atoms with Gasteiger partial charge in [0.2, 0.25) is 0 Å². The normalized spacial score (nSPS) is 22.9. The summed E-state index contributed by atoms with van der Waals surface area (Å²) in [4.78, 5) is 19.1. The van der Waals surface area contributed by atoms with Gasteiger partial charge in [-0.2, -0.15) is 13.2 Å². The summed E-state index contributed by atoms with van der Waals surface area (Å²) >= 11 is 0. The van der Waals surface area contributed by atoms with Crippen LogP contribution in [-0.4, -0.2) is 55.5 Å². The highest BCUT2D eigenvalue weighted by Crippen LogP contribution is 2.48. The quantitative estimate of drug-likeness (QED) is 0.370. The Morgan fingerprint density at radius 3 is 2.66 bits per heavy atom. The van der Waals surface area contributed by atoms with E-state index in [1.54, 1.807) is 18.5 Å². The number of piperidine rings is 1. The molecule has 3 fully saturated rings. The molecule has 4 aromatic rings. The standard InChI is InChI=1S/C30H33F3N6O2/c1-37-19-34-36-27(37)29(8-3-9-29)20-5-2-6-22(13-20)39-16-24(30(31,32)33)23-14-21(35-25(23)26(39)40)15-38-11-4-7-28(17-38)10-12-41-18-28/h2,5-6,13-14,16,19,35H,3-4,7-12,15,17-18H2,1H3/t28-/m0/s1. The van der Waals surface area contributed by atoms with Crippen molar-refractivity contribution in [1.82, 2.24) is 29.2 Å². The monoisotopic (exact) mass is 566 g/mol. The second kappa shape index (κ2) is 9.55. The maximum Gasteiger partial charge on any atom is 0.418 e. The number of nitrogens with one attached hydrogen (secondary N) is 1. The number of ether oxygens (including phenoxy) is 1. The van der Waals surface area contributed by atoms with E-state index >= 15 is 0 Å². The van der Waals surface area contributed by atoms with Crippen molar-refractivity contribution in [3.05, 3.63) is 75.9 Å². The van der Waals surface area contributed by atoms with Crippen LogP contribution in [0.5, 0.6) is 0 Å². The number of rotatable bonds is 5. The number of likely N-dealkylation sites (tertiary alicyclic amines) is 1. The third-order valence-electron chi connectivity index (χ3n) is 9.50. The van der Waals surface area contributed by atoms with Crippen molar-refractivity contribution in [2.45, 2.75) is 56.7 Å². The molecule has 1 aliphatic carbocycles. The Morgan fingerprint density at radius 1 is 1.12 bits per heavy atom. The Balaban J connectivity index is 1.28. The number of alkyl halides is 3. The van der Waals surface area contributed by atoms with Crippen molar-refractivity contribution in [3.8, 4) is 5.69 Å². The molecule has 1 spiro atoms. The molecule has 11 heteroatoms. The molecule has 3 aliphatic rings. The fourth-order valence-corrected chi connectivity index (χ4v) is 7.27. The first-order valence-corrected chi connectivity index (χ1v) is 14.3. The summed E-state index contributed by atoms with van der Waals surface area (Å²) in [6, 6.07) is 8.76. The minimum absolute atomic E-state index is 0.0252. The summed E-state index contributed by atoms with van der Waals surface area (Å²) in [5, 5.41) is 8.31. The summed E-state index contributed by atoms with van der Waals surface area (Å²) in [5.74, 6) is 0.817. The fraction of sp³-hybridized carbons (Fsp3) is 0.500. The lowest BCUT2D eigenvalue weighted by Crippen LogP contribution is -2.43. The van der Waals surface area contributed by atoms with Gasteiger partial charge in [-0.15, -0.1) is 10.2 Å². The van der Waals surface area contributed by atoms with Crippen LogP contribution in [-0.2, 0) is 29.9 Å². The number of aromatic nitrogens is 5. The lowest BCUT2D eigenvalue weighted by Gasteiger charge is -2.41. The first kappa shape index (κ1) is 26.5.